The molecule has 0 saturated carbocycles. The molecule has 5 heteroatoms. The highest BCUT2D eigenvalue weighted by Gasteiger charge is 2.20. The van der Waals surface area contributed by atoms with Crippen LogP contribution in [0.25, 0.3) is 0 Å². The lowest BCUT2D eigenvalue weighted by molar-refractivity contribution is -0.127. The standard InChI is InChI=1S/C14H22N2O2S/c1-12-4-10-19-13(12)11-15(8-9-17)6-7-16-5-2-3-14(16)18/h4,10,17H,2-3,5-9,11H2,1H3. The van der Waals surface area contributed by atoms with E-state index in [0.29, 0.717) is 13.0 Å². The first-order valence-corrected chi connectivity index (χ1v) is 7.72. The van der Waals surface area contributed by atoms with Gasteiger partial charge in [0, 0.05) is 44.0 Å². The molecule has 2 heterocycles. The monoisotopic (exact) mass is 282 g/mol. The smallest absolute Gasteiger partial charge is 0.222 e. The quantitative estimate of drug-likeness (QED) is 0.824. The molecule has 0 spiro atoms. The van der Waals surface area contributed by atoms with Crippen molar-refractivity contribution in [3.8, 4) is 0 Å². The van der Waals surface area contributed by atoms with Crippen LogP contribution in [-0.4, -0.2) is 53.6 Å². The van der Waals surface area contributed by atoms with E-state index in [4.69, 9.17) is 5.11 Å². The molecule has 1 N–H and O–H groups in total. The molecule has 1 saturated heterocycles. The molecule has 0 atom stereocenters. The Morgan fingerprint density at radius 3 is 2.89 bits per heavy atom. The molecule has 1 amide bonds. The van der Waals surface area contributed by atoms with Crippen LogP contribution >= 0.6 is 11.3 Å². The van der Waals surface area contributed by atoms with Crippen LogP contribution in [0.3, 0.4) is 0 Å². The third-order valence-electron chi connectivity index (χ3n) is 3.61. The molecule has 1 aliphatic heterocycles. The average Bonchev–Trinajstić information content (AvgIpc) is 2.97. The molecule has 1 aliphatic rings. The van der Waals surface area contributed by atoms with Crippen molar-refractivity contribution in [3.63, 3.8) is 0 Å². The number of thiophene rings is 1. The summed E-state index contributed by atoms with van der Waals surface area (Å²) in [6.07, 6.45) is 1.69. The normalized spacial score (nSPS) is 15.7. The fourth-order valence-corrected chi connectivity index (χ4v) is 3.33. The van der Waals surface area contributed by atoms with Gasteiger partial charge in [-0.1, -0.05) is 0 Å². The van der Waals surface area contributed by atoms with Crippen molar-refractivity contribution in [2.24, 2.45) is 0 Å². The van der Waals surface area contributed by atoms with Crippen molar-refractivity contribution in [3.05, 3.63) is 21.9 Å². The molecule has 106 valence electrons. The van der Waals surface area contributed by atoms with Crippen LogP contribution in [0, 0.1) is 6.92 Å². The zero-order valence-corrected chi connectivity index (χ0v) is 12.3. The van der Waals surface area contributed by atoms with E-state index in [1.54, 1.807) is 11.3 Å². The van der Waals surface area contributed by atoms with E-state index in [1.807, 2.05) is 4.90 Å². The number of carbonyl (C=O) groups is 1. The first-order chi connectivity index (χ1) is 9.20. The topological polar surface area (TPSA) is 43.8 Å². The fraction of sp³-hybridized carbons (Fsp3) is 0.643. The maximum absolute atomic E-state index is 11.6. The summed E-state index contributed by atoms with van der Waals surface area (Å²) in [4.78, 5) is 17.1. The van der Waals surface area contributed by atoms with E-state index in [2.05, 4.69) is 23.3 Å². The number of amides is 1. The molecule has 19 heavy (non-hydrogen) atoms. The van der Waals surface area contributed by atoms with E-state index in [0.717, 1.165) is 32.6 Å². The molecule has 1 fully saturated rings. The van der Waals surface area contributed by atoms with Gasteiger partial charge in [0.1, 0.15) is 0 Å². The summed E-state index contributed by atoms with van der Waals surface area (Å²) >= 11 is 1.76. The Morgan fingerprint density at radius 1 is 1.47 bits per heavy atom. The number of aliphatic hydroxyl groups excluding tert-OH is 1. The van der Waals surface area contributed by atoms with Gasteiger partial charge in [0.05, 0.1) is 6.61 Å². The van der Waals surface area contributed by atoms with E-state index >= 15 is 0 Å². The van der Waals surface area contributed by atoms with E-state index in [-0.39, 0.29) is 12.5 Å². The van der Waals surface area contributed by atoms with Crippen LogP contribution in [0.2, 0.25) is 0 Å². The van der Waals surface area contributed by atoms with E-state index < -0.39 is 0 Å². The van der Waals surface area contributed by atoms with Crippen molar-refractivity contribution in [2.75, 3.05) is 32.8 Å². The lowest BCUT2D eigenvalue weighted by Crippen LogP contribution is -2.36. The predicted octanol–water partition coefficient (Wildman–Crippen LogP) is 1.47. The van der Waals surface area contributed by atoms with Crippen LogP contribution in [0.4, 0.5) is 0 Å². The van der Waals surface area contributed by atoms with Gasteiger partial charge < -0.3 is 10.0 Å². The third kappa shape index (κ3) is 4.03. The first-order valence-electron chi connectivity index (χ1n) is 6.84. The fourth-order valence-electron chi connectivity index (χ4n) is 2.38. The minimum absolute atomic E-state index is 0.165. The molecule has 0 bridgehead atoms. The summed E-state index contributed by atoms with van der Waals surface area (Å²) in [6, 6.07) is 2.13. The molecular formula is C14H22N2O2S. The van der Waals surface area contributed by atoms with Crippen LogP contribution < -0.4 is 0 Å². The average molecular weight is 282 g/mol. The van der Waals surface area contributed by atoms with Crippen molar-refractivity contribution in [2.45, 2.75) is 26.3 Å². The number of aryl methyl sites for hydroxylation is 1. The summed E-state index contributed by atoms with van der Waals surface area (Å²) in [5.41, 5.74) is 1.31. The zero-order valence-electron chi connectivity index (χ0n) is 11.5. The maximum Gasteiger partial charge on any atom is 0.222 e. The minimum atomic E-state index is 0.165. The summed E-state index contributed by atoms with van der Waals surface area (Å²) in [5.74, 6) is 0.274. The largest absolute Gasteiger partial charge is 0.395 e. The van der Waals surface area contributed by atoms with Gasteiger partial charge >= 0.3 is 0 Å². The Labute approximate surface area is 118 Å². The highest BCUT2D eigenvalue weighted by atomic mass is 32.1. The lowest BCUT2D eigenvalue weighted by Gasteiger charge is -2.24. The molecule has 4 nitrogen and oxygen atoms in total. The minimum Gasteiger partial charge on any atom is -0.395 e. The van der Waals surface area contributed by atoms with E-state index in [1.165, 1.54) is 10.4 Å². The van der Waals surface area contributed by atoms with Crippen LogP contribution in [-0.2, 0) is 11.3 Å². The van der Waals surface area contributed by atoms with Gasteiger partial charge in [-0.3, -0.25) is 9.69 Å². The maximum atomic E-state index is 11.6. The second kappa shape index (κ2) is 7.03. The Hall–Kier alpha value is -0.910. The number of carbonyl (C=O) groups excluding carboxylic acids is 1. The molecule has 0 radical (unpaired) electrons. The predicted molar refractivity (Wildman–Crippen MR) is 77.2 cm³/mol. The van der Waals surface area contributed by atoms with Crippen LogP contribution in [0.1, 0.15) is 23.3 Å². The lowest BCUT2D eigenvalue weighted by atomic mass is 10.2. The molecule has 1 aromatic rings. The van der Waals surface area contributed by atoms with Crippen molar-refractivity contribution in [1.29, 1.82) is 0 Å². The Balaban J connectivity index is 1.85. The third-order valence-corrected chi connectivity index (χ3v) is 4.62. The van der Waals surface area contributed by atoms with Crippen LogP contribution in [0.5, 0.6) is 0 Å². The van der Waals surface area contributed by atoms with Gasteiger partial charge in [-0.2, -0.15) is 0 Å². The number of aliphatic hydroxyl groups is 1. The van der Waals surface area contributed by atoms with E-state index in [9.17, 15) is 4.79 Å². The van der Waals surface area contributed by atoms with Crippen molar-refractivity contribution in [1.82, 2.24) is 9.80 Å². The second-order valence-corrected chi connectivity index (χ2v) is 6.01. The summed E-state index contributed by atoms with van der Waals surface area (Å²) in [7, 11) is 0. The molecule has 2 rings (SSSR count). The van der Waals surface area contributed by atoms with Crippen molar-refractivity contribution >= 4 is 17.2 Å². The summed E-state index contributed by atoms with van der Waals surface area (Å²) in [5, 5.41) is 11.3. The van der Waals surface area contributed by atoms with Gasteiger partial charge in [0.2, 0.25) is 5.91 Å². The van der Waals surface area contributed by atoms with Crippen molar-refractivity contribution < 1.29 is 9.90 Å². The zero-order chi connectivity index (χ0) is 13.7. The Kier molecular flexibility index (Phi) is 5.36. The molecule has 1 aromatic heterocycles. The van der Waals surface area contributed by atoms with Gasteiger partial charge in [-0.25, -0.2) is 0 Å². The van der Waals surface area contributed by atoms with Gasteiger partial charge in [0.15, 0.2) is 0 Å². The summed E-state index contributed by atoms with van der Waals surface area (Å²) < 4.78 is 0. The van der Waals surface area contributed by atoms with Gasteiger partial charge in [-0.05, 0) is 30.4 Å². The number of hydrogen-bond acceptors (Lipinski definition) is 4. The van der Waals surface area contributed by atoms with Gasteiger partial charge in [0.25, 0.3) is 0 Å². The highest BCUT2D eigenvalue weighted by Crippen LogP contribution is 2.18. The highest BCUT2D eigenvalue weighted by molar-refractivity contribution is 7.10. The van der Waals surface area contributed by atoms with Crippen LogP contribution in [0.15, 0.2) is 11.4 Å². The second-order valence-electron chi connectivity index (χ2n) is 5.01. The molecular weight excluding hydrogens is 260 g/mol. The first kappa shape index (κ1) is 14.5. The SMILES string of the molecule is Cc1ccsc1CN(CCO)CCN1CCCC1=O. The summed E-state index contributed by atoms with van der Waals surface area (Å²) in [6.45, 7) is 6.33. The van der Waals surface area contributed by atoms with Gasteiger partial charge in [-0.15, -0.1) is 11.3 Å². The molecule has 0 aliphatic carbocycles. The number of nitrogens with zero attached hydrogens (tertiary/aromatic N) is 2. The Morgan fingerprint density at radius 2 is 2.32 bits per heavy atom. The number of hydrogen-bond donors (Lipinski definition) is 1. The molecule has 0 aromatic carbocycles. The number of likely N-dealkylation sites (tertiary alicyclic amines) is 1. The molecule has 0 unspecified atom stereocenters. The number of rotatable bonds is 7. The Bertz CT molecular complexity index is 419.